The lowest BCUT2D eigenvalue weighted by atomic mass is 9.87. The number of rotatable bonds is 3. The van der Waals surface area contributed by atoms with E-state index in [4.69, 9.17) is 16.9 Å². The number of piperidine rings is 1. The fourth-order valence-electron chi connectivity index (χ4n) is 3.02. The molecule has 1 unspecified atom stereocenters. The number of aliphatic hydroxyl groups excluding tert-OH is 1. The van der Waals surface area contributed by atoms with Crippen LogP contribution in [0.15, 0.2) is 42.6 Å². The molecule has 1 aliphatic rings. The second kappa shape index (κ2) is 6.99. The van der Waals surface area contributed by atoms with Crippen LogP contribution in [-0.2, 0) is 0 Å². The monoisotopic (exact) mass is 327 g/mol. The van der Waals surface area contributed by atoms with Crippen LogP contribution in [0.1, 0.15) is 30.1 Å². The Labute approximate surface area is 141 Å². The highest BCUT2D eigenvalue weighted by Crippen LogP contribution is 2.32. The molecule has 0 amide bonds. The first-order valence-electron chi connectivity index (χ1n) is 7.72. The standard InChI is InChI=1S/C18H18ClN3O/c19-16-4-2-14(3-5-16)18(23)15-7-9-22(10-8-15)17-6-1-13(11-20)12-21-17/h1-6,12,15,18,23H,7-10H2. The van der Waals surface area contributed by atoms with E-state index < -0.39 is 6.10 Å². The Hall–Kier alpha value is -2.09. The van der Waals surface area contributed by atoms with E-state index in [0.29, 0.717) is 10.6 Å². The molecule has 23 heavy (non-hydrogen) atoms. The topological polar surface area (TPSA) is 60.2 Å². The lowest BCUT2D eigenvalue weighted by Crippen LogP contribution is -2.36. The lowest BCUT2D eigenvalue weighted by molar-refractivity contribution is 0.0929. The molecule has 2 heterocycles. The van der Waals surface area contributed by atoms with Crippen LogP contribution in [0.2, 0.25) is 5.02 Å². The van der Waals surface area contributed by atoms with Crippen LogP contribution in [0, 0.1) is 17.2 Å². The molecule has 1 aromatic carbocycles. The van der Waals surface area contributed by atoms with Gasteiger partial charge in [0.15, 0.2) is 0 Å². The predicted octanol–water partition coefficient (Wildman–Crippen LogP) is 3.56. The van der Waals surface area contributed by atoms with E-state index in [0.717, 1.165) is 37.3 Å². The summed E-state index contributed by atoms with van der Waals surface area (Å²) in [4.78, 5) is 6.54. The van der Waals surface area contributed by atoms with Crippen molar-refractivity contribution in [3.8, 4) is 6.07 Å². The van der Waals surface area contributed by atoms with Gasteiger partial charge in [0, 0.05) is 24.3 Å². The highest BCUT2D eigenvalue weighted by molar-refractivity contribution is 6.30. The molecule has 1 aromatic heterocycles. The zero-order valence-electron chi connectivity index (χ0n) is 12.7. The van der Waals surface area contributed by atoms with Gasteiger partial charge in [0.1, 0.15) is 11.9 Å². The Kier molecular flexibility index (Phi) is 4.80. The van der Waals surface area contributed by atoms with Crippen molar-refractivity contribution in [2.45, 2.75) is 18.9 Å². The fourth-order valence-corrected chi connectivity index (χ4v) is 3.14. The summed E-state index contributed by atoms with van der Waals surface area (Å²) in [5, 5.41) is 20.1. The second-order valence-corrected chi connectivity index (χ2v) is 6.27. The van der Waals surface area contributed by atoms with Crippen LogP contribution in [0.4, 0.5) is 5.82 Å². The third-order valence-corrected chi connectivity index (χ3v) is 4.65. The minimum Gasteiger partial charge on any atom is -0.388 e. The fraction of sp³-hybridized carbons (Fsp3) is 0.333. The minimum absolute atomic E-state index is 0.241. The number of hydrogen-bond donors (Lipinski definition) is 1. The molecule has 5 heteroatoms. The second-order valence-electron chi connectivity index (χ2n) is 5.84. The average Bonchev–Trinajstić information content (AvgIpc) is 2.62. The highest BCUT2D eigenvalue weighted by Gasteiger charge is 2.26. The van der Waals surface area contributed by atoms with E-state index in [1.54, 1.807) is 12.3 Å². The molecule has 118 valence electrons. The van der Waals surface area contributed by atoms with E-state index >= 15 is 0 Å². The Bertz CT molecular complexity index is 686. The van der Waals surface area contributed by atoms with Gasteiger partial charge in [-0.25, -0.2) is 4.98 Å². The number of aromatic nitrogens is 1. The molecule has 1 N–H and O–H groups in total. The maximum atomic E-state index is 10.5. The number of nitriles is 1. The maximum absolute atomic E-state index is 10.5. The molecule has 1 atom stereocenters. The molecule has 0 saturated carbocycles. The van der Waals surface area contributed by atoms with E-state index in [9.17, 15) is 5.11 Å². The zero-order valence-corrected chi connectivity index (χ0v) is 13.4. The number of benzene rings is 1. The lowest BCUT2D eigenvalue weighted by Gasteiger charge is -2.35. The molecule has 0 aliphatic carbocycles. The summed E-state index contributed by atoms with van der Waals surface area (Å²) in [6.07, 6.45) is 2.96. The van der Waals surface area contributed by atoms with E-state index in [2.05, 4.69) is 16.0 Å². The van der Waals surface area contributed by atoms with E-state index in [1.807, 2.05) is 30.3 Å². The summed E-state index contributed by atoms with van der Waals surface area (Å²) in [5.74, 6) is 1.13. The number of halogens is 1. The number of anilines is 1. The van der Waals surface area contributed by atoms with Crippen molar-refractivity contribution >= 4 is 17.4 Å². The summed E-state index contributed by atoms with van der Waals surface area (Å²) in [7, 11) is 0. The van der Waals surface area contributed by atoms with Gasteiger partial charge in [-0.15, -0.1) is 0 Å². The number of pyridine rings is 1. The summed E-state index contributed by atoms with van der Waals surface area (Å²) in [5.41, 5.74) is 1.49. The number of hydrogen-bond acceptors (Lipinski definition) is 4. The van der Waals surface area contributed by atoms with Gasteiger partial charge in [0.2, 0.25) is 0 Å². The smallest absolute Gasteiger partial charge is 0.128 e. The molecular formula is C18H18ClN3O. The quantitative estimate of drug-likeness (QED) is 0.936. The summed E-state index contributed by atoms with van der Waals surface area (Å²) in [6.45, 7) is 1.71. The molecule has 0 bridgehead atoms. The largest absolute Gasteiger partial charge is 0.388 e. The van der Waals surface area contributed by atoms with Gasteiger partial charge >= 0.3 is 0 Å². The molecule has 4 nitrogen and oxygen atoms in total. The van der Waals surface area contributed by atoms with Crippen LogP contribution in [0.5, 0.6) is 0 Å². The van der Waals surface area contributed by atoms with Gasteiger partial charge in [0.05, 0.1) is 11.7 Å². The van der Waals surface area contributed by atoms with E-state index in [-0.39, 0.29) is 5.92 Å². The van der Waals surface area contributed by atoms with Gasteiger partial charge in [-0.1, -0.05) is 23.7 Å². The molecule has 1 saturated heterocycles. The van der Waals surface area contributed by atoms with Crippen LogP contribution in [0.3, 0.4) is 0 Å². The van der Waals surface area contributed by atoms with Gasteiger partial charge in [-0.2, -0.15) is 5.26 Å². The Morgan fingerprint density at radius 1 is 1.17 bits per heavy atom. The van der Waals surface area contributed by atoms with Crippen LogP contribution >= 0.6 is 11.6 Å². The van der Waals surface area contributed by atoms with Crippen LogP contribution in [0.25, 0.3) is 0 Å². The van der Waals surface area contributed by atoms with Crippen molar-refractivity contribution in [2.75, 3.05) is 18.0 Å². The van der Waals surface area contributed by atoms with Gasteiger partial charge < -0.3 is 10.0 Å². The zero-order chi connectivity index (χ0) is 16.2. The SMILES string of the molecule is N#Cc1ccc(N2CCC(C(O)c3ccc(Cl)cc3)CC2)nc1. The minimum atomic E-state index is -0.455. The van der Waals surface area contributed by atoms with Gasteiger partial charge in [-0.05, 0) is 48.6 Å². The summed E-state index contributed by atoms with van der Waals surface area (Å²) >= 11 is 5.90. The molecule has 3 rings (SSSR count). The van der Waals surface area contributed by atoms with Gasteiger partial charge in [0.25, 0.3) is 0 Å². The van der Waals surface area contributed by atoms with Crippen LogP contribution < -0.4 is 4.90 Å². The molecular weight excluding hydrogens is 310 g/mol. The van der Waals surface area contributed by atoms with Gasteiger partial charge in [-0.3, -0.25) is 0 Å². The first-order valence-corrected chi connectivity index (χ1v) is 8.10. The third-order valence-electron chi connectivity index (χ3n) is 4.40. The Balaban J connectivity index is 1.61. The molecule has 0 radical (unpaired) electrons. The van der Waals surface area contributed by atoms with Crippen molar-refractivity contribution in [3.05, 3.63) is 58.7 Å². The van der Waals surface area contributed by atoms with Crippen molar-refractivity contribution in [2.24, 2.45) is 5.92 Å². The molecule has 1 aliphatic heterocycles. The number of nitrogens with zero attached hydrogens (tertiary/aromatic N) is 3. The van der Waals surface area contributed by atoms with E-state index in [1.165, 1.54) is 0 Å². The number of aliphatic hydroxyl groups is 1. The molecule has 0 spiro atoms. The predicted molar refractivity (Wildman–Crippen MR) is 90.3 cm³/mol. The molecule has 1 fully saturated rings. The molecule has 2 aromatic rings. The summed E-state index contributed by atoms with van der Waals surface area (Å²) < 4.78 is 0. The first-order chi connectivity index (χ1) is 11.2. The Morgan fingerprint density at radius 3 is 2.43 bits per heavy atom. The van der Waals surface area contributed by atoms with Crippen molar-refractivity contribution in [3.63, 3.8) is 0 Å². The maximum Gasteiger partial charge on any atom is 0.128 e. The third kappa shape index (κ3) is 3.64. The van der Waals surface area contributed by atoms with Crippen molar-refractivity contribution in [1.82, 2.24) is 4.98 Å². The Morgan fingerprint density at radius 2 is 1.87 bits per heavy atom. The highest BCUT2D eigenvalue weighted by atomic mass is 35.5. The first kappa shape index (κ1) is 15.8. The normalized spacial score (nSPS) is 16.8. The summed E-state index contributed by atoms with van der Waals surface area (Å²) in [6, 6.07) is 13.2. The average molecular weight is 328 g/mol. The van der Waals surface area contributed by atoms with Crippen molar-refractivity contribution in [1.29, 1.82) is 5.26 Å². The van der Waals surface area contributed by atoms with Crippen LogP contribution in [-0.4, -0.2) is 23.2 Å². The van der Waals surface area contributed by atoms with Crippen molar-refractivity contribution < 1.29 is 5.11 Å².